The van der Waals surface area contributed by atoms with Crippen LogP contribution in [0, 0.1) is 5.92 Å². The third-order valence-corrected chi connectivity index (χ3v) is 4.35. The lowest BCUT2D eigenvalue weighted by Gasteiger charge is -2.39. The molecule has 1 aliphatic heterocycles. The predicted octanol–water partition coefficient (Wildman–Crippen LogP) is 0.686. The monoisotopic (exact) mass is 344 g/mol. The molecule has 0 bridgehead atoms. The van der Waals surface area contributed by atoms with Gasteiger partial charge in [0.1, 0.15) is 11.9 Å². The van der Waals surface area contributed by atoms with Crippen LogP contribution in [-0.4, -0.2) is 54.5 Å². The molecule has 0 spiro atoms. The van der Waals surface area contributed by atoms with Gasteiger partial charge in [-0.2, -0.15) is 0 Å². The third kappa shape index (κ3) is 3.59. The highest BCUT2D eigenvalue weighted by molar-refractivity contribution is 5.81. The number of carbonyl (C=O) groups excluding carboxylic acids is 1. The van der Waals surface area contributed by atoms with Gasteiger partial charge in [-0.1, -0.05) is 0 Å². The number of anilines is 1. The second-order valence-corrected chi connectivity index (χ2v) is 5.91. The van der Waals surface area contributed by atoms with Gasteiger partial charge in [0.15, 0.2) is 0 Å². The zero-order chi connectivity index (χ0) is 17.8. The van der Waals surface area contributed by atoms with E-state index in [0.29, 0.717) is 31.3 Å². The number of rotatable bonds is 6. The maximum Gasteiger partial charge on any atom is 0.309 e. The number of nitrogens with one attached hydrogen (secondary N) is 1. The van der Waals surface area contributed by atoms with Crippen molar-refractivity contribution in [1.82, 2.24) is 24.4 Å². The molecule has 3 rings (SSSR count). The molecule has 25 heavy (non-hydrogen) atoms. The van der Waals surface area contributed by atoms with Crippen LogP contribution in [0.5, 0.6) is 0 Å². The fraction of sp³-hybridized carbons (Fsp3) is 0.438. The minimum absolute atomic E-state index is 0.0683. The fourth-order valence-corrected chi connectivity index (χ4v) is 3.14. The first-order valence-corrected chi connectivity index (χ1v) is 8.08. The molecular formula is C16H20N6O3. The van der Waals surface area contributed by atoms with E-state index in [1.165, 1.54) is 0 Å². The molecule has 9 heteroatoms. The Morgan fingerprint density at radius 2 is 2.08 bits per heavy atom. The molecular weight excluding hydrogens is 324 g/mol. The van der Waals surface area contributed by atoms with Crippen molar-refractivity contribution < 1.29 is 14.7 Å². The summed E-state index contributed by atoms with van der Waals surface area (Å²) >= 11 is 0. The van der Waals surface area contributed by atoms with E-state index in [4.69, 9.17) is 0 Å². The third-order valence-electron chi connectivity index (χ3n) is 4.35. The highest BCUT2D eigenvalue weighted by Gasteiger charge is 2.42. The van der Waals surface area contributed by atoms with Gasteiger partial charge in [-0.3, -0.25) is 9.59 Å². The zero-order valence-corrected chi connectivity index (χ0v) is 13.9. The number of hydrogen-bond acceptors (Lipinski definition) is 6. The zero-order valence-electron chi connectivity index (χ0n) is 13.9. The summed E-state index contributed by atoms with van der Waals surface area (Å²) in [5.41, 5.74) is 0. The standard InChI is InChI=1S/C16H20N6O3/c1-21-9-7-17-14(21)13-11(15(24)25)3-4-12(23)22(13)10-8-20-16-18-5-2-6-19-16/h2,5-7,9,11,13H,3-4,8,10H2,1H3,(H,24,25)(H,18,19,20)/t11-,13-/m1/s1. The molecule has 0 aromatic carbocycles. The van der Waals surface area contributed by atoms with Crippen molar-refractivity contribution in [3.05, 3.63) is 36.7 Å². The highest BCUT2D eigenvalue weighted by Crippen LogP contribution is 2.35. The summed E-state index contributed by atoms with van der Waals surface area (Å²) in [6.45, 7) is 0.765. The first-order valence-electron chi connectivity index (χ1n) is 8.08. The number of carboxylic acids is 1. The van der Waals surface area contributed by atoms with E-state index in [9.17, 15) is 14.7 Å². The van der Waals surface area contributed by atoms with Gasteiger partial charge in [-0.25, -0.2) is 15.0 Å². The van der Waals surface area contributed by atoms with Crippen LogP contribution in [0.15, 0.2) is 30.9 Å². The Balaban J connectivity index is 1.78. The van der Waals surface area contributed by atoms with Crippen molar-refractivity contribution >= 4 is 17.8 Å². The topological polar surface area (TPSA) is 113 Å². The molecule has 0 aliphatic carbocycles. The number of imidazole rings is 1. The van der Waals surface area contributed by atoms with E-state index >= 15 is 0 Å². The molecule has 1 aliphatic rings. The molecule has 2 N–H and O–H groups in total. The maximum absolute atomic E-state index is 12.5. The summed E-state index contributed by atoms with van der Waals surface area (Å²) in [5.74, 6) is -0.607. The quantitative estimate of drug-likeness (QED) is 0.792. The fourth-order valence-electron chi connectivity index (χ4n) is 3.14. The summed E-state index contributed by atoms with van der Waals surface area (Å²) in [6, 6.07) is 1.13. The van der Waals surface area contributed by atoms with E-state index in [-0.39, 0.29) is 12.3 Å². The van der Waals surface area contributed by atoms with Crippen LogP contribution < -0.4 is 5.32 Å². The number of piperidine rings is 1. The average molecular weight is 344 g/mol. The molecule has 3 heterocycles. The lowest BCUT2D eigenvalue weighted by molar-refractivity contribution is -0.152. The van der Waals surface area contributed by atoms with Crippen molar-refractivity contribution in [2.75, 3.05) is 18.4 Å². The summed E-state index contributed by atoms with van der Waals surface area (Å²) in [7, 11) is 1.80. The number of hydrogen-bond donors (Lipinski definition) is 2. The molecule has 0 saturated carbocycles. The van der Waals surface area contributed by atoms with Gasteiger partial charge in [0.25, 0.3) is 0 Å². The molecule has 9 nitrogen and oxygen atoms in total. The second-order valence-electron chi connectivity index (χ2n) is 5.91. The Hall–Kier alpha value is -2.97. The van der Waals surface area contributed by atoms with Crippen LogP contribution in [0.2, 0.25) is 0 Å². The number of aryl methyl sites for hydroxylation is 1. The Bertz CT molecular complexity index is 747. The van der Waals surface area contributed by atoms with Gasteiger partial charge in [0.2, 0.25) is 11.9 Å². The van der Waals surface area contributed by atoms with Crippen molar-refractivity contribution in [3.63, 3.8) is 0 Å². The van der Waals surface area contributed by atoms with Crippen LogP contribution in [-0.2, 0) is 16.6 Å². The maximum atomic E-state index is 12.5. The van der Waals surface area contributed by atoms with Gasteiger partial charge in [0, 0.05) is 51.3 Å². The van der Waals surface area contributed by atoms with Crippen LogP contribution in [0.25, 0.3) is 0 Å². The Morgan fingerprint density at radius 3 is 2.72 bits per heavy atom. The lowest BCUT2D eigenvalue weighted by Crippen LogP contribution is -2.47. The van der Waals surface area contributed by atoms with Crippen LogP contribution >= 0.6 is 0 Å². The first kappa shape index (κ1) is 16.9. The number of carbonyl (C=O) groups is 2. The van der Waals surface area contributed by atoms with E-state index in [2.05, 4.69) is 20.3 Å². The molecule has 2 aromatic rings. The first-order chi connectivity index (χ1) is 12.1. The minimum Gasteiger partial charge on any atom is -0.481 e. The van der Waals surface area contributed by atoms with Crippen molar-refractivity contribution in [2.45, 2.75) is 18.9 Å². The normalized spacial score (nSPS) is 20.5. The number of carboxylic acid groups (broad SMARTS) is 1. The number of nitrogens with zero attached hydrogens (tertiary/aromatic N) is 5. The number of aromatic nitrogens is 4. The van der Waals surface area contributed by atoms with E-state index in [0.717, 1.165) is 0 Å². The number of aliphatic carboxylic acids is 1. The Kier molecular flexibility index (Phi) is 4.92. The summed E-state index contributed by atoms with van der Waals surface area (Å²) < 4.78 is 1.76. The highest BCUT2D eigenvalue weighted by atomic mass is 16.4. The van der Waals surface area contributed by atoms with Gasteiger partial charge in [-0.05, 0) is 12.5 Å². The Labute approximate surface area is 144 Å². The molecule has 2 aromatic heterocycles. The summed E-state index contributed by atoms with van der Waals surface area (Å²) in [4.78, 5) is 38.2. The Morgan fingerprint density at radius 1 is 1.32 bits per heavy atom. The molecule has 0 unspecified atom stereocenters. The largest absolute Gasteiger partial charge is 0.481 e. The molecule has 1 fully saturated rings. The lowest BCUT2D eigenvalue weighted by atomic mass is 9.88. The summed E-state index contributed by atoms with van der Waals surface area (Å²) in [5, 5.41) is 12.6. The van der Waals surface area contributed by atoms with Gasteiger partial charge in [0.05, 0.1) is 5.92 Å². The van der Waals surface area contributed by atoms with Crippen LogP contribution in [0.3, 0.4) is 0 Å². The van der Waals surface area contributed by atoms with Crippen LogP contribution in [0.1, 0.15) is 24.7 Å². The number of amides is 1. The van der Waals surface area contributed by atoms with E-state index in [1.807, 2.05) is 0 Å². The molecule has 1 saturated heterocycles. The predicted molar refractivity (Wildman–Crippen MR) is 88.5 cm³/mol. The van der Waals surface area contributed by atoms with Gasteiger partial charge >= 0.3 is 5.97 Å². The summed E-state index contributed by atoms with van der Waals surface area (Å²) in [6.07, 6.45) is 7.15. The average Bonchev–Trinajstić information content (AvgIpc) is 3.02. The van der Waals surface area contributed by atoms with Crippen molar-refractivity contribution in [3.8, 4) is 0 Å². The minimum atomic E-state index is -0.912. The molecule has 2 atom stereocenters. The van der Waals surface area contributed by atoms with Gasteiger partial charge < -0.3 is 19.9 Å². The van der Waals surface area contributed by atoms with Crippen LogP contribution in [0.4, 0.5) is 5.95 Å². The smallest absolute Gasteiger partial charge is 0.309 e. The van der Waals surface area contributed by atoms with Gasteiger partial charge in [-0.15, -0.1) is 0 Å². The molecule has 0 radical (unpaired) electrons. The second kappa shape index (κ2) is 7.29. The van der Waals surface area contributed by atoms with E-state index < -0.39 is 17.9 Å². The van der Waals surface area contributed by atoms with Crippen molar-refractivity contribution in [2.24, 2.45) is 13.0 Å². The molecule has 1 amide bonds. The van der Waals surface area contributed by atoms with Crippen molar-refractivity contribution in [1.29, 1.82) is 0 Å². The number of likely N-dealkylation sites (tertiary alicyclic amines) is 1. The SMILES string of the molecule is Cn1ccnc1[C@H]1[C@H](C(=O)O)CCC(=O)N1CCNc1ncccn1. The molecule has 132 valence electrons. The van der Waals surface area contributed by atoms with E-state index in [1.54, 1.807) is 47.4 Å².